The molecule has 0 saturated heterocycles. The molecule has 0 amide bonds. The van der Waals surface area contributed by atoms with Crippen LogP contribution >= 0.6 is 0 Å². The summed E-state index contributed by atoms with van der Waals surface area (Å²) in [5, 5.41) is 0. The quantitative estimate of drug-likeness (QED) is 0.541. The molecule has 13 heavy (non-hydrogen) atoms. The van der Waals surface area contributed by atoms with Gasteiger partial charge >= 0.3 is 0 Å². The first kappa shape index (κ1) is 9.61. The van der Waals surface area contributed by atoms with E-state index >= 15 is 0 Å². The number of hydrogen-bond donors (Lipinski definition) is 0. The van der Waals surface area contributed by atoms with Crippen molar-refractivity contribution in [1.29, 1.82) is 0 Å². The fourth-order valence-corrected chi connectivity index (χ4v) is 3.54. The van der Waals surface area contributed by atoms with Gasteiger partial charge in [0.1, 0.15) is 7.85 Å². The fourth-order valence-electron chi connectivity index (χ4n) is 3.54. The zero-order valence-electron chi connectivity index (χ0n) is 9.31. The van der Waals surface area contributed by atoms with E-state index in [1.165, 1.54) is 25.7 Å². The molecule has 0 aromatic carbocycles. The highest BCUT2D eigenvalue weighted by Gasteiger charge is 2.37. The second-order valence-electron chi connectivity index (χ2n) is 5.79. The van der Waals surface area contributed by atoms with Crippen molar-refractivity contribution in [2.24, 2.45) is 11.3 Å². The van der Waals surface area contributed by atoms with E-state index in [4.69, 9.17) is 0 Å². The van der Waals surface area contributed by atoms with Crippen LogP contribution in [0.1, 0.15) is 58.3 Å². The minimum absolute atomic E-state index is 0.839. The van der Waals surface area contributed by atoms with Crippen LogP contribution in [-0.2, 0) is 0 Å². The van der Waals surface area contributed by atoms with E-state index in [2.05, 4.69) is 14.8 Å². The molecule has 2 aliphatic rings. The molecule has 0 aromatic rings. The van der Waals surface area contributed by atoms with Crippen LogP contribution in [-0.4, -0.2) is 7.85 Å². The standard InChI is InChI=1S/C12H23B/c1-10(13)11-4-8-12(9-5-11)6-2-3-7-12/h10-11H,2-9,13H2,1H3. The molecule has 0 bridgehead atoms. The van der Waals surface area contributed by atoms with Gasteiger partial charge in [-0.3, -0.25) is 0 Å². The molecule has 1 heteroatoms. The van der Waals surface area contributed by atoms with Gasteiger partial charge in [0.15, 0.2) is 0 Å². The maximum Gasteiger partial charge on any atom is 0.105 e. The monoisotopic (exact) mass is 178 g/mol. The lowest BCUT2D eigenvalue weighted by molar-refractivity contribution is 0.153. The Morgan fingerprint density at radius 1 is 1.08 bits per heavy atom. The van der Waals surface area contributed by atoms with Crippen molar-refractivity contribution >= 4 is 7.85 Å². The Morgan fingerprint density at radius 2 is 1.62 bits per heavy atom. The molecule has 0 radical (unpaired) electrons. The lowest BCUT2D eigenvalue weighted by Gasteiger charge is -2.38. The summed E-state index contributed by atoms with van der Waals surface area (Å²) in [7, 11) is 2.40. The molecule has 2 aliphatic carbocycles. The molecule has 0 heterocycles. The predicted octanol–water partition coefficient (Wildman–Crippen LogP) is 3.18. The van der Waals surface area contributed by atoms with Gasteiger partial charge in [-0.05, 0) is 37.0 Å². The first-order valence-corrected chi connectivity index (χ1v) is 6.22. The molecule has 2 saturated carbocycles. The van der Waals surface area contributed by atoms with Crippen LogP contribution in [0, 0.1) is 11.3 Å². The Balaban J connectivity index is 1.88. The normalized spacial score (nSPS) is 30.8. The van der Waals surface area contributed by atoms with Gasteiger partial charge in [0.25, 0.3) is 0 Å². The predicted molar refractivity (Wildman–Crippen MR) is 60.8 cm³/mol. The van der Waals surface area contributed by atoms with Crippen molar-refractivity contribution < 1.29 is 0 Å². The van der Waals surface area contributed by atoms with Crippen LogP contribution in [0.4, 0.5) is 0 Å². The van der Waals surface area contributed by atoms with E-state index in [-0.39, 0.29) is 0 Å². The van der Waals surface area contributed by atoms with E-state index in [0.717, 1.165) is 17.2 Å². The van der Waals surface area contributed by atoms with E-state index in [1.807, 2.05) is 0 Å². The van der Waals surface area contributed by atoms with Gasteiger partial charge in [0, 0.05) is 0 Å². The minimum Gasteiger partial charge on any atom is -0.0697 e. The Morgan fingerprint density at radius 3 is 2.08 bits per heavy atom. The summed E-state index contributed by atoms with van der Waals surface area (Å²) in [5.41, 5.74) is 0.839. The second kappa shape index (κ2) is 3.67. The molecule has 1 atom stereocenters. The van der Waals surface area contributed by atoms with Crippen LogP contribution in [0.25, 0.3) is 0 Å². The third-order valence-corrected chi connectivity index (χ3v) is 4.70. The first-order chi connectivity index (χ1) is 6.22. The van der Waals surface area contributed by atoms with Crippen molar-refractivity contribution in [2.45, 2.75) is 64.1 Å². The van der Waals surface area contributed by atoms with Crippen molar-refractivity contribution in [3.05, 3.63) is 0 Å². The number of hydrogen-bond acceptors (Lipinski definition) is 0. The van der Waals surface area contributed by atoms with Gasteiger partial charge in [0.2, 0.25) is 0 Å². The Kier molecular flexibility index (Phi) is 2.71. The smallest absolute Gasteiger partial charge is 0.0697 e. The summed E-state index contributed by atoms with van der Waals surface area (Å²) >= 11 is 0. The average Bonchev–Trinajstić information content (AvgIpc) is 2.54. The highest BCUT2D eigenvalue weighted by Crippen LogP contribution is 2.51. The molecule has 2 fully saturated rings. The van der Waals surface area contributed by atoms with Crippen molar-refractivity contribution in [2.75, 3.05) is 0 Å². The Bertz CT molecular complexity index is 158. The minimum atomic E-state index is 0.839. The number of rotatable bonds is 1. The second-order valence-corrected chi connectivity index (χ2v) is 5.79. The van der Waals surface area contributed by atoms with Crippen molar-refractivity contribution in [3.8, 4) is 0 Å². The zero-order chi connectivity index (χ0) is 9.31. The van der Waals surface area contributed by atoms with Crippen LogP contribution in [0.15, 0.2) is 0 Å². The molecule has 74 valence electrons. The summed E-state index contributed by atoms with van der Waals surface area (Å²) in [6.07, 6.45) is 12.3. The summed E-state index contributed by atoms with van der Waals surface area (Å²) in [6.45, 7) is 2.40. The molecule has 0 nitrogen and oxygen atoms in total. The molecule has 1 spiro atoms. The maximum absolute atomic E-state index is 2.40. The van der Waals surface area contributed by atoms with Gasteiger partial charge in [-0.2, -0.15) is 0 Å². The zero-order valence-corrected chi connectivity index (χ0v) is 9.31. The Labute approximate surface area is 83.9 Å². The fraction of sp³-hybridized carbons (Fsp3) is 1.00. The highest BCUT2D eigenvalue weighted by molar-refractivity contribution is 6.11. The Hall–Kier alpha value is 0.0649. The van der Waals surface area contributed by atoms with Gasteiger partial charge < -0.3 is 0 Å². The summed E-state index contributed by atoms with van der Waals surface area (Å²) in [4.78, 5) is 0. The molecule has 2 rings (SSSR count). The molecule has 0 aliphatic heterocycles. The third kappa shape index (κ3) is 1.95. The lowest BCUT2D eigenvalue weighted by atomic mass is 9.63. The van der Waals surface area contributed by atoms with Crippen LogP contribution in [0.3, 0.4) is 0 Å². The molecular formula is C12H23B. The van der Waals surface area contributed by atoms with E-state index in [1.54, 1.807) is 25.7 Å². The van der Waals surface area contributed by atoms with Gasteiger partial charge in [-0.15, -0.1) is 0 Å². The van der Waals surface area contributed by atoms with E-state index in [9.17, 15) is 0 Å². The summed E-state index contributed by atoms with van der Waals surface area (Å²) in [6, 6.07) is 0. The maximum atomic E-state index is 2.40. The van der Waals surface area contributed by atoms with Crippen molar-refractivity contribution in [3.63, 3.8) is 0 Å². The average molecular weight is 178 g/mol. The van der Waals surface area contributed by atoms with E-state index < -0.39 is 0 Å². The van der Waals surface area contributed by atoms with Crippen LogP contribution < -0.4 is 0 Å². The van der Waals surface area contributed by atoms with Gasteiger partial charge in [-0.1, -0.05) is 38.4 Å². The summed E-state index contributed by atoms with van der Waals surface area (Å²) < 4.78 is 0. The molecular weight excluding hydrogens is 155 g/mol. The van der Waals surface area contributed by atoms with Crippen LogP contribution in [0.2, 0.25) is 5.82 Å². The van der Waals surface area contributed by atoms with Gasteiger partial charge in [-0.25, -0.2) is 0 Å². The summed E-state index contributed by atoms with van der Waals surface area (Å²) in [5.74, 6) is 1.98. The highest BCUT2D eigenvalue weighted by atomic mass is 14.4. The SMILES string of the molecule is BC(C)C1CCC2(CCCC2)CC1. The van der Waals surface area contributed by atoms with Crippen LogP contribution in [0.5, 0.6) is 0 Å². The molecule has 0 aromatic heterocycles. The van der Waals surface area contributed by atoms with Gasteiger partial charge in [0.05, 0.1) is 0 Å². The molecule has 1 unspecified atom stereocenters. The first-order valence-electron chi connectivity index (χ1n) is 6.22. The van der Waals surface area contributed by atoms with Crippen molar-refractivity contribution in [1.82, 2.24) is 0 Å². The lowest BCUT2D eigenvalue weighted by Crippen LogP contribution is -2.25. The van der Waals surface area contributed by atoms with E-state index in [0.29, 0.717) is 0 Å². The molecule has 0 N–H and O–H groups in total. The third-order valence-electron chi connectivity index (χ3n) is 4.70. The topological polar surface area (TPSA) is 0 Å². The largest absolute Gasteiger partial charge is 0.105 e.